The smallest absolute Gasteiger partial charge is 0.292 e. The number of nitrogens with one attached hydrogen (secondary N) is 2. The van der Waals surface area contributed by atoms with Crippen LogP contribution in [-0.2, 0) is 16.0 Å². The van der Waals surface area contributed by atoms with Crippen molar-refractivity contribution in [3.63, 3.8) is 0 Å². The summed E-state index contributed by atoms with van der Waals surface area (Å²) in [6.07, 6.45) is 0.923. The third-order valence-corrected chi connectivity index (χ3v) is 3.20. The van der Waals surface area contributed by atoms with Crippen LogP contribution >= 0.6 is 0 Å². The fourth-order valence-electron chi connectivity index (χ4n) is 2.16. The van der Waals surface area contributed by atoms with Gasteiger partial charge in [-0.15, -0.1) is 0 Å². The Bertz CT molecular complexity index is 545. The van der Waals surface area contributed by atoms with Crippen molar-refractivity contribution in [1.29, 1.82) is 0 Å². The number of carbonyl (C=O) groups is 1. The predicted octanol–water partition coefficient (Wildman–Crippen LogP) is 1.93. The molecule has 1 atom stereocenters. The molecule has 0 saturated heterocycles. The molecule has 108 valence electrons. The lowest BCUT2D eigenvalue weighted by molar-refractivity contribution is -0.384. The molecular formula is C13H17N3O4. The molecule has 0 fully saturated rings. The Labute approximate surface area is 116 Å². The number of methoxy groups -OCH3 is 1. The van der Waals surface area contributed by atoms with Gasteiger partial charge in [-0.3, -0.25) is 14.9 Å². The van der Waals surface area contributed by atoms with Gasteiger partial charge in [0.1, 0.15) is 5.69 Å². The number of ether oxygens (including phenoxy) is 1. The van der Waals surface area contributed by atoms with Gasteiger partial charge in [-0.25, -0.2) is 0 Å². The summed E-state index contributed by atoms with van der Waals surface area (Å²) >= 11 is 0. The number of nitrogens with zero attached hydrogens (tertiary/aromatic N) is 1. The highest BCUT2D eigenvalue weighted by molar-refractivity contribution is 6.00. The number of amides is 1. The third kappa shape index (κ3) is 3.05. The molecule has 1 aliphatic heterocycles. The van der Waals surface area contributed by atoms with Crippen LogP contribution in [0.4, 0.5) is 17.1 Å². The number of fused-ring (bicyclic) bond motifs is 1. The van der Waals surface area contributed by atoms with Crippen LogP contribution in [0.1, 0.15) is 18.9 Å². The van der Waals surface area contributed by atoms with E-state index < -0.39 is 4.92 Å². The van der Waals surface area contributed by atoms with E-state index in [2.05, 4.69) is 10.6 Å². The Morgan fingerprint density at radius 1 is 1.55 bits per heavy atom. The molecule has 1 amide bonds. The Morgan fingerprint density at radius 2 is 2.30 bits per heavy atom. The Morgan fingerprint density at radius 3 is 2.95 bits per heavy atom. The molecule has 0 saturated carbocycles. The summed E-state index contributed by atoms with van der Waals surface area (Å²) < 4.78 is 4.99. The molecule has 1 aromatic rings. The Balaban J connectivity index is 2.25. The molecule has 0 bridgehead atoms. The maximum atomic E-state index is 11.3. The molecular weight excluding hydrogens is 262 g/mol. The molecule has 7 heteroatoms. The highest BCUT2D eigenvalue weighted by Crippen LogP contribution is 2.34. The first-order chi connectivity index (χ1) is 9.51. The van der Waals surface area contributed by atoms with E-state index in [1.807, 2.05) is 6.92 Å². The zero-order valence-electron chi connectivity index (χ0n) is 11.4. The minimum absolute atomic E-state index is 0.00971. The number of hydrogen-bond acceptors (Lipinski definition) is 5. The second kappa shape index (κ2) is 5.87. The molecule has 0 radical (unpaired) electrons. The van der Waals surface area contributed by atoms with Gasteiger partial charge in [-0.2, -0.15) is 0 Å². The third-order valence-electron chi connectivity index (χ3n) is 3.20. The van der Waals surface area contributed by atoms with Crippen molar-refractivity contribution < 1.29 is 14.5 Å². The summed E-state index contributed by atoms with van der Waals surface area (Å²) in [5, 5.41) is 16.9. The van der Waals surface area contributed by atoms with Gasteiger partial charge in [0, 0.05) is 31.5 Å². The molecule has 20 heavy (non-hydrogen) atoms. The maximum Gasteiger partial charge on any atom is 0.292 e. The zero-order valence-corrected chi connectivity index (χ0v) is 11.4. The fraction of sp³-hybridized carbons (Fsp3) is 0.462. The number of nitro benzene ring substituents is 1. The van der Waals surface area contributed by atoms with E-state index in [1.54, 1.807) is 13.2 Å². The van der Waals surface area contributed by atoms with Crippen molar-refractivity contribution in [2.24, 2.45) is 0 Å². The van der Waals surface area contributed by atoms with Gasteiger partial charge in [0.05, 0.1) is 11.3 Å². The molecule has 0 aliphatic carbocycles. The van der Waals surface area contributed by atoms with E-state index in [9.17, 15) is 14.9 Å². The van der Waals surface area contributed by atoms with Crippen LogP contribution < -0.4 is 10.6 Å². The van der Waals surface area contributed by atoms with Gasteiger partial charge < -0.3 is 15.4 Å². The van der Waals surface area contributed by atoms with Crippen molar-refractivity contribution in [3.05, 3.63) is 27.8 Å². The monoisotopic (exact) mass is 279 g/mol. The number of anilines is 2. The van der Waals surface area contributed by atoms with Gasteiger partial charge in [-0.1, -0.05) is 0 Å². The number of nitro groups is 1. The SMILES string of the molecule is COCCC(C)Nc1cc2c(cc1[N+](=O)[O-])CC(=O)N2. The first kappa shape index (κ1) is 14.3. The van der Waals surface area contributed by atoms with Crippen molar-refractivity contribution in [3.8, 4) is 0 Å². The Hall–Kier alpha value is -2.15. The summed E-state index contributed by atoms with van der Waals surface area (Å²) in [5.74, 6) is -0.140. The highest BCUT2D eigenvalue weighted by atomic mass is 16.6. The lowest BCUT2D eigenvalue weighted by atomic mass is 10.1. The largest absolute Gasteiger partial charge is 0.385 e. The average molecular weight is 279 g/mol. The average Bonchev–Trinajstić information content (AvgIpc) is 2.74. The van der Waals surface area contributed by atoms with Crippen LogP contribution in [0.2, 0.25) is 0 Å². The first-order valence-corrected chi connectivity index (χ1v) is 6.38. The maximum absolute atomic E-state index is 11.3. The van der Waals surface area contributed by atoms with E-state index in [4.69, 9.17) is 4.74 Å². The van der Waals surface area contributed by atoms with Crippen LogP contribution in [0.25, 0.3) is 0 Å². The number of carbonyl (C=O) groups excluding carboxylic acids is 1. The molecule has 2 rings (SSSR count). The van der Waals surface area contributed by atoms with Crippen molar-refractivity contribution in [1.82, 2.24) is 0 Å². The topological polar surface area (TPSA) is 93.5 Å². The molecule has 1 aliphatic rings. The summed E-state index contributed by atoms with van der Waals surface area (Å²) in [4.78, 5) is 22.0. The standard InChI is InChI=1S/C13H17N3O4/c1-8(3-4-20-2)14-11-7-10-9(6-13(17)15-10)5-12(11)16(18)19/h5,7-8,14H,3-4,6H2,1-2H3,(H,15,17). The van der Waals surface area contributed by atoms with Crippen LogP contribution in [0.3, 0.4) is 0 Å². The lowest BCUT2D eigenvalue weighted by Crippen LogP contribution is -2.18. The second-order valence-electron chi connectivity index (χ2n) is 4.84. The molecule has 0 aromatic heterocycles. The zero-order chi connectivity index (χ0) is 14.7. The Kier molecular flexibility index (Phi) is 4.19. The van der Waals surface area contributed by atoms with Crippen LogP contribution in [0.5, 0.6) is 0 Å². The van der Waals surface area contributed by atoms with Gasteiger partial charge in [0.15, 0.2) is 0 Å². The fourth-order valence-corrected chi connectivity index (χ4v) is 2.16. The van der Waals surface area contributed by atoms with E-state index in [0.29, 0.717) is 23.5 Å². The summed E-state index contributed by atoms with van der Waals surface area (Å²) in [6.45, 7) is 2.50. The minimum Gasteiger partial charge on any atom is -0.385 e. The van der Waals surface area contributed by atoms with E-state index >= 15 is 0 Å². The van der Waals surface area contributed by atoms with E-state index in [0.717, 1.165) is 6.42 Å². The van der Waals surface area contributed by atoms with Crippen LogP contribution in [-0.4, -0.2) is 30.6 Å². The molecule has 7 nitrogen and oxygen atoms in total. The summed E-state index contributed by atoms with van der Waals surface area (Å²) in [5.41, 5.74) is 1.71. The van der Waals surface area contributed by atoms with Crippen LogP contribution in [0.15, 0.2) is 12.1 Å². The summed E-state index contributed by atoms with van der Waals surface area (Å²) in [6, 6.07) is 3.11. The second-order valence-corrected chi connectivity index (χ2v) is 4.84. The number of rotatable bonds is 6. The first-order valence-electron chi connectivity index (χ1n) is 6.38. The highest BCUT2D eigenvalue weighted by Gasteiger charge is 2.25. The van der Waals surface area contributed by atoms with Crippen molar-refractivity contribution in [2.45, 2.75) is 25.8 Å². The molecule has 1 unspecified atom stereocenters. The molecule has 0 spiro atoms. The van der Waals surface area contributed by atoms with Crippen LogP contribution in [0, 0.1) is 10.1 Å². The summed E-state index contributed by atoms with van der Waals surface area (Å²) in [7, 11) is 1.61. The minimum atomic E-state index is -0.436. The normalized spacial score (nSPS) is 14.6. The molecule has 1 heterocycles. The van der Waals surface area contributed by atoms with Gasteiger partial charge in [-0.05, 0) is 25.0 Å². The predicted molar refractivity (Wildman–Crippen MR) is 75.0 cm³/mol. The quantitative estimate of drug-likeness (QED) is 0.613. The molecule has 2 N–H and O–H groups in total. The lowest BCUT2D eigenvalue weighted by Gasteiger charge is -2.15. The number of benzene rings is 1. The van der Waals surface area contributed by atoms with E-state index in [1.165, 1.54) is 6.07 Å². The number of hydrogen-bond donors (Lipinski definition) is 2. The van der Waals surface area contributed by atoms with Gasteiger partial charge in [0.2, 0.25) is 5.91 Å². The van der Waals surface area contributed by atoms with Gasteiger partial charge >= 0.3 is 0 Å². The molecule has 1 aromatic carbocycles. The van der Waals surface area contributed by atoms with Crippen molar-refractivity contribution in [2.75, 3.05) is 24.4 Å². The van der Waals surface area contributed by atoms with Gasteiger partial charge in [0.25, 0.3) is 5.69 Å². The van der Waals surface area contributed by atoms with E-state index in [-0.39, 0.29) is 24.1 Å². The van der Waals surface area contributed by atoms with Crippen molar-refractivity contribution >= 4 is 23.0 Å².